The van der Waals surface area contributed by atoms with E-state index in [-0.39, 0.29) is 0 Å². The first-order chi connectivity index (χ1) is 11.5. The predicted octanol–water partition coefficient (Wildman–Crippen LogP) is 1.38. The van der Waals surface area contributed by atoms with Crippen LogP contribution in [0.4, 0.5) is 11.8 Å². The van der Waals surface area contributed by atoms with Crippen LogP contribution in [0.15, 0.2) is 24.5 Å². The van der Waals surface area contributed by atoms with Gasteiger partial charge in [0.1, 0.15) is 5.82 Å². The third-order valence-electron chi connectivity index (χ3n) is 4.80. The normalized spacial score (nSPS) is 16.3. The number of rotatable bonds is 5. The molecule has 0 bridgehead atoms. The minimum absolute atomic E-state index is 0.526. The fraction of sp³-hybridized carbons (Fsp3) is 0.588. The van der Waals surface area contributed by atoms with Gasteiger partial charge in [0.15, 0.2) is 0 Å². The minimum atomic E-state index is 0.526. The van der Waals surface area contributed by atoms with E-state index in [2.05, 4.69) is 38.0 Å². The second-order valence-electron chi connectivity index (χ2n) is 6.67. The summed E-state index contributed by atoms with van der Waals surface area (Å²) in [6, 6.07) is 4.62. The van der Waals surface area contributed by atoms with E-state index in [4.69, 9.17) is 0 Å². The number of aryl methyl sites for hydroxylation is 1. The molecular formula is C17H27N7. The lowest BCUT2D eigenvalue weighted by Gasteiger charge is -2.37. The monoisotopic (exact) mass is 329 g/mol. The summed E-state index contributed by atoms with van der Waals surface area (Å²) in [6.07, 6.45) is 6.00. The lowest BCUT2D eigenvalue weighted by atomic mass is 10.0. The number of aromatic nitrogens is 4. The highest BCUT2D eigenvalue weighted by molar-refractivity contribution is 5.43. The van der Waals surface area contributed by atoms with Gasteiger partial charge in [0, 0.05) is 66.3 Å². The van der Waals surface area contributed by atoms with Crippen molar-refractivity contribution in [2.24, 2.45) is 7.05 Å². The smallest absolute Gasteiger partial charge is 0.226 e. The van der Waals surface area contributed by atoms with Gasteiger partial charge in [0.25, 0.3) is 0 Å². The van der Waals surface area contributed by atoms with Crippen LogP contribution in [0.25, 0.3) is 0 Å². The summed E-state index contributed by atoms with van der Waals surface area (Å²) in [6.45, 7) is 3.18. The maximum Gasteiger partial charge on any atom is 0.226 e. The molecule has 0 radical (unpaired) electrons. The van der Waals surface area contributed by atoms with E-state index in [1.165, 1.54) is 5.69 Å². The molecule has 0 unspecified atom stereocenters. The second kappa shape index (κ2) is 7.17. The molecular weight excluding hydrogens is 302 g/mol. The quantitative estimate of drug-likeness (QED) is 0.826. The van der Waals surface area contributed by atoms with E-state index in [1.807, 2.05) is 49.2 Å². The number of nitrogens with zero attached hydrogens (tertiary/aromatic N) is 7. The minimum Gasteiger partial charge on any atom is -0.356 e. The van der Waals surface area contributed by atoms with E-state index >= 15 is 0 Å². The van der Waals surface area contributed by atoms with Crippen LogP contribution in [-0.2, 0) is 13.6 Å². The largest absolute Gasteiger partial charge is 0.356 e. The zero-order chi connectivity index (χ0) is 17.1. The highest BCUT2D eigenvalue weighted by Crippen LogP contribution is 2.22. The SMILES string of the molecule is CN(C)c1nccc(N(C)C2CCN(Cc3ccnn3C)CC2)n1. The molecule has 0 saturated carbocycles. The first-order valence-corrected chi connectivity index (χ1v) is 8.47. The molecule has 3 heterocycles. The Bertz CT molecular complexity index is 658. The second-order valence-corrected chi connectivity index (χ2v) is 6.67. The molecule has 1 fully saturated rings. The van der Waals surface area contributed by atoms with Crippen molar-refractivity contribution in [2.75, 3.05) is 44.0 Å². The standard InChI is InChI=1S/C17H27N7/c1-21(2)17-18-9-6-16(20-17)22(3)14-7-11-24(12-8-14)13-15-5-10-19-23(15)4/h5-6,9-10,14H,7-8,11-13H2,1-4H3. The fourth-order valence-corrected chi connectivity index (χ4v) is 3.19. The first kappa shape index (κ1) is 16.7. The van der Waals surface area contributed by atoms with Crippen LogP contribution in [0.2, 0.25) is 0 Å². The lowest BCUT2D eigenvalue weighted by Crippen LogP contribution is -2.43. The van der Waals surface area contributed by atoms with Crippen LogP contribution in [0.1, 0.15) is 18.5 Å². The van der Waals surface area contributed by atoms with E-state index in [1.54, 1.807) is 0 Å². The van der Waals surface area contributed by atoms with Crippen molar-refractivity contribution in [3.8, 4) is 0 Å². The summed E-state index contributed by atoms with van der Waals surface area (Å²) in [5, 5.41) is 4.25. The Balaban J connectivity index is 1.58. The fourth-order valence-electron chi connectivity index (χ4n) is 3.19. The summed E-state index contributed by atoms with van der Waals surface area (Å²) in [5.74, 6) is 1.76. The summed E-state index contributed by atoms with van der Waals surface area (Å²) in [7, 11) is 8.09. The van der Waals surface area contributed by atoms with Crippen LogP contribution < -0.4 is 9.80 Å². The van der Waals surface area contributed by atoms with Crippen molar-refractivity contribution in [1.82, 2.24) is 24.6 Å². The molecule has 24 heavy (non-hydrogen) atoms. The molecule has 7 nitrogen and oxygen atoms in total. The number of anilines is 2. The Labute approximate surface area is 143 Å². The molecule has 1 saturated heterocycles. The van der Waals surface area contributed by atoms with E-state index < -0.39 is 0 Å². The van der Waals surface area contributed by atoms with Gasteiger partial charge in [0.05, 0.1) is 5.69 Å². The Kier molecular flexibility index (Phi) is 4.99. The highest BCUT2D eigenvalue weighted by atomic mass is 15.3. The van der Waals surface area contributed by atoms with Crippen LogP contribution in [0.3, 0.4) is 0 Å². The van der Waals surface area contributed by atoms with Crippen molar-refractivity contribution in [3.05, 3.63) is 30.2 Å². The Morgan fingerprint density at radius 3 is 2.50 bits per heavy atom. The topological polar surface area (TPSA) is 53.3 Å². The van der Waals surface area contributed by atoms with Gasteiger partial charge in [-0.05, 0) is 25.0 Å². The predicted molar refractivity (Wildman–Crippen MR) is 96.3 cm³/mol. The maximum atomic E-state index is 4.65. The molecule has 2 aromatic rings. The van der Waals surface area contributed by atoms with Crippen molar-refractivity contribution < 1.29 is 0 Å². The zero-order valence-corrected chi connectivity index (χ0v) is 15.1. The molecule has 3 rings (SSSR count). The number of hydrogen-bond acceptors (Lipinski definition) is 6. The van der Waals surface area contributed by atoms with Gasteiger partial charge in [-0.25, -0.2) is 4.98 Å². The van der Waals surface area contributed by atoms with Gasteiger partial charge in [0.2, 0.25) is 5.95 Å². The van der Waals surface area contributed by atoms with Crippen molar-refractivity contribution in [1.29, 1.82) is 0 Å². The molecule has 7 heteroatoms. The van der Waals surface area contributed by atoms with Gasteiger partial charge in [-0.15, -0.1) is 0 Å². The number of hydrogen-bond donors (Lipinski definition) is 0. The van der Waals surface area contributed by atoms with Crippen LogP contribution in [-0.4, -0.2) is 64.9 Å². The Morgan fingerprint density at radius 2 is 1.88 bits per heavy atom. The molecule has 0 aromatic carbocycles. The van der Waals surface area contributed by atoms with Gasteiger partial charge in [-0.1, -0.05) is 0 Å². The molecule has 0 atom stereocenters. The van der Waals surface area contributed by atoms with Crippen molar-refractivity contribution in [2.45, 2.75) is 25.4 Å². The van der Waals surface area contributed by atoms with Crippen molar-refractivity contribution in [3.63, 3.8) is 0 Å². The molecule has 1 aliphatic heterocycles. The average molecular weight is 329 g/mol. The molecule has 0 spiro atoms. The first-order valence-electron chi connectivity index (χ1n) is 8.47. The highest BCUT2D eigenvalue weighted by Gasteiger charge is 2.24. The molecule has 2 aromatic heterocycles. The van der Waals surface area contributed by atoms with Gasteiger partial charge in [-0.3, -0.25) is 9.58 Å². The molecule has 1 aliphatic rings. The summed E-state index contributed by atoms with van der Waals surface area (Å²) >= 11 is 0. The Hall–Kier alpha value is -2.15. The van der Waals surface area contributed by atoms with Crippen LogP contribution in [0, 0.1) is 0 Å². The average Bonchev–Trinajstić information content (AvgIpc) is 3.00. The van der Waals surface area contributed by atoms with Crippen molar-refractivity contribution >= 4 is 11.8 Å². The number of piperidine rings is 1. The molecule has 130 valence electrons. The maximum absolute atomic E-state index is 4.65. The zero-order valence-electron chi connectivity index (χ0n) is 15.1. The Morgan fingerprint density at radius 1 is 1.12 bits per heavy atom. The summed E-state index contributed by atoms with van der Waals surface area (Å²) in [5.41, 5.74) is 1.27. The number of likely N-dealkylation sites (tertiary alicyclic amines) is 1. The van der Waals surface area contributed by atoms with E-state index in [0.29, 0.717) is 6.04 Å². The molecule has 0 N–H and O–H groups in total. The summed E-state index contributed by atoms with van der Waals surface area (Å²) < 4.78 is 1.96. The van der Waals surface area contributed by atoms with Crippen LogP contribution >= 0.6 is 0 Å². The van der Waals surface area contributed by atoms with Gasteiger partial charge < -0.3 is 9.80 Å². The third-order valence-corrected chi connectivity index (χ3v) is 4.80. The third kappa shape index (κ3) is 3.67. The molecule has 0 amide bonds. The summed E-state index contributed by atoms with van der Waals surface area (Å²) in [4.78, 5) is 15.7. The van der Waals surface area contributed by atoms with Gasteiger partial charge >= 0.3 is 0 Å². The van der Waals surface area contributed by atoms with E-state index in [0.717, 1.165) is 44.2 Å². The van der Waals surface area contributed by atoms with E-state index in [9.17, 15) is 0 Å². The molecule has 0 aliphatic carbocycles. The van der Waals surface area contributed by atoms with Crippen LogP contribution in [0.5, 0.6) is 0 Å². The lowest BCUT2D eigenvalue weighted by molar-refractivity contribution is 0.199. The van der Waals surface area contributed by atoms with Gasteiger partial charge in [-0.2, -0.15) is 10.1 Å².